The zero-order valence-corrected chi connectivity index (χ0v) is 24.5. The number of anilines is 1. The van der Waals surface area contributed by atoms with E-state index in [2.05, 4.69) is 4.90 Å². The molecule has 0 radical (unpaired) electrons. The number of amides is 1. The lowest BCUT2D eigenvalue weighted by Gasteiger charge is -2.33. The molecule has 0 atom stereocenters. The number of nitrogen functional groups attached to an aromatic ring is 1. The molecule has 1 amide bonds. The first-order chi connectivity index (χ1) is 21.6. The largest absolute Gasteiger partial charge is 0.497 e. The zero-order valence-electron chi connectivity index (χ0n) is 24.5. The number of Topliss-reactive ketones (excluding diaryl/α,β-unsaturated/α-hetero) is 1. The second kappa shape index (κ2) is 13.5. The van der Waals surface area contributed by atoms with Crippen LogP contribution in [-0.4, -0.2) is 67.7 Å². The van der Waals surface area contributed by atoms with E-state index in [1.54, 1.807) is 24.3 Å². The number of hydrogen-bond donors (Lipinski definition) is 2. The van der Waals surface area contributed by atoms with Crippen LogP contribution in [0.4, 0.5) is 10.1 Å². The van der Waals surface area contributed by atoms with Crippen molar-refractivity contribution in [3.05, 3.63) is 95.3 Å². The summed E-state index contributed by atoms with van der Waals surface area (Å²) >= 11 is 0. The maximum absolute atomic E-state index is 14.2. The maximum atomic E-state index is 14.2. The summed E-state index contributed by atoms with van der Waals surface area (Å²) in [5, 5.41) is 7.91. The van der Waals surface area contributed by atoms with Crippen molar-refractivity contribution in [1.29, 1.82) is 5.41 Å². The van der Waals surface area contributed by atoms with Crippen LogP contribution in [0.15, 0.2) is 72.8 Å². The van der Waals surface area contributed by atoms with Gasteiger partial charge in [-0.3, -0.25) is 15.0 Å². The molecule has 0 unspecified atom stereocenters. The summed E-state index contributed by atoms with van der Waals surface area (Å²) < 4.78 is 29.4. The molecule has 0 bridgehead atoms. The van der Waals surface area contributed by atoms with Crippen LogP contribution in [0.2, 0.25) is 0 Å². The molecule has 2 aliphatic heterocycles. The van der Waals surface area contributed by atoms with E-state index in [1.807, 2.05) is 0 Å². The fourth-order valence-electron chi connectivity index (χ4n) is 5.32. The topological polar surface area (TPSA) is 152 Å². The second-order valence-electron chi connectivity index (χ2n) is 10.6. The van der Waals surface area contributed by atoms with Gasteiger partial charge in [0.25, 0.3) is 5.91 Å². The van der Waals surface area contributed by atoms with Gasteiger partial charge >= 0.3 is 11.9 Å². The van der Waals surface area contributed by atoms with E-state index in [0.29, 0.717) is 49.5 Å². The molecule has 45 heavy (non-hydrogen) atoms. The van der Waals surface area contributed by atoms with Crippen LogP contribution in [-0.2, 0) is 9.59 Å². The van der Waals surface area contributed by atoms with Crippen LogP contribution in [0, 0.1) is 17.1 Å². The third-order valence-electron chi connectivity index (χ3n) is 7.75. The number of nitrogens with one attached hydrogen (secondary N) is 1. The minimum absolute atomic E-state index is 0.0136. The van der Waals surface area contributed by atoms with Gasteiger partial charge in [0, 0.05) is 42.4 Å². The fourth-order valence-corrected chi connectivity index (χ4v) is 5.32. The Kier molecular flexibility index (Phi) is 9.33. The van der Waals surface area contributed by atoms with E-state index in [9.17, 15) is 23.6 Å². The van der Waals surface area contributed by atoms with Crippen molar-refractivity contribution in [3.63, 3.8) is 0 Å². The maximum Gasteiger partial charge on any atom is 0.336 e. The van der Waals surface area contributed by atoms with Crippen molar-refractivity contribution in [2.75, 3.05) is 38.2 Å². The average molecular weight is 615 g/mol. The highest BCUT2D eigenvalue weighted by Crippen LogP contribution is 2.38. The molecule has 0 aliphatic carbocycles. The van der Waals surface area contributed by atoms with Gasteiger partial charge in [0.2, 0.25) is 0 Å². The van der Waals surface area contributed by atoms with Crippen LogP contribution in [0.5, 0.6) is 17.2 Å². The zero-order chi connectivity index (χ0) is 32.1. The highest BCUT2D eigenvalue weighted by molar-refractivity contribution is 6.11. The minimum Gasteiger partial charge on any atom is -0.497 e. The smallest absolute Gasteiger partial charge is 0.336 e. The normalized spacial score (nSPS) is 16.0. The van der Waals surface area contributed by atoms with Crippen molar-refractivity contribution < 1.29 is 37.8 Å². The number of ether oxygens (including phenoxy) is 3. The van der Waals surface area contributed by atoms with Gasteiger partial charge in [0.05, 0.1) is 18.2 Å². The molecule has 12 heteroatoms. The summed E-state index contributed by atoms with van der Waals surface area (Å²) in [6.07, 6.45) is 2.98. The van der Waals surface area contributed by atoms with Crippen LogP contribution in [0.3, 0.4) is 0 Å². The molecule has 5 rings (SSSR count). The van der Waals surface area contributed by atoms with Gasteiger partial charge < -0.3 is 29.7 Å². The van der Waals surface area contributed by atoms with E-state index in [1.165, 1.54) is 48.4 Å². The lowest BCUT2D eigenvalue weighted by molar-refractivity contribution is -0.133. The number of nitrogens with two attached hydrogens (primary N) is 1. The van der Waals surface area contributed by atoms with E-state index >= 15 is 0 Å². The summed E-state index contributed by atoms with van der Waals surface area (Å²) in [5.41, 5.74) is 6.61. The SMILES string of the molecule is COc1ccc(N(CCN2CCC(C(=O)c3ccc(F)cc3)CC2)C(=O)c2ccc(C(=N)N)c3c2OC(=O)/C=C/C(=O)O3)cc1. The molecule has 3 aromatic carbocycles. The number of hydrogen-bond acceptors (Lipinski definition) is 9. The molecule has 3 N–H and O–H groups in total. The highest BCUT2D eigenvalue weighted by Gasteiger charge is 2.31. The van der Waals surface area contributed by atoms with Crippen molar-refractivity contribution in [2.24, 2.45) is 11.7 Å². The monoisotopic (exact) mass is 614 g/mol. The number of rotatable bonds is 9. The quantitative estimate of drug-likeness (QED) is 0.121. The van der Waals surface area contributed by atoms with Gasteiger partial charge in [-0.1, -0.05) is 0 Å². The first kappa shape index (κ1) is 31.1. The van der Waals surface area contributed by atoms with E-state index in [-0.39, 0.29) is 40.9 Å². The van der Waals surface area contributed by atoms with Crippen LogP contribution in [0.25, 0.3) is 0 Å². The third kappa shape index (κ3) is 7.07. The molecule has 3 aromatic rings. The molecular weight excluding hydrogens is 583 g/mol. The first-order valence-electron chi connectivity index (χ1n) is 14.3. The van der Waals surface area contributed by atoms with Gasteiger partial charge in [-0.05, 0) is 86.6 Å². The standard InChI is InChI=1S/C33H31FN4O7/c1-43-24-8-6-23(7-9-24)38(19-18-37-16-14-21(15-17-37)29(41)20-2-4-22(34)5-3-20)33(42)26-11-10-25(32(35)36)30-31(26)45-28(40)13-12-27(39)44-30/h2-13,21H,14-19H2,1H3,(H3,35,36)/b13-12+. The Morgan fingerprint density at radius 2 is 1.51 bits per heavy atom. The lowest BCUT2D eigenvalue weighted by atomic mass is 9.89. The highest BCUT2D eigenvalue weighted by atomic mass is 19.1. The molecule has 1 saturated heterocycles. The number of benzene rings is 3. The number of fused-ring (bicyclic) bond motifs is 1. The molecule has 0 saturated carbocycles. The first-order valence-corrected chi connectivity index (χ1v) is 14.3. The average Bonchev–Trinajstić information content (AvgIpc) is 3.04. The Morgan fingerprint density at radius 3 is 2.09 bits per heavy atom. The Hall–Kier alpha value is -5.36. The molecular formula is C33H31FN4O7. The number of nitrogens with zero attached hydrogens (tertiary/aromatic N) is 2. The number of methoxy groups -OCH3 is 1. The molecule has 232 valence electrons. The summed E-state index contributed by atoms with van der Waals surface area (Å²) in [4.78, 5) is 55.5. The van der Waals surface area contributed by atoms with Gasteiger partial charge in [-0.2, -0.15) is 0 Å². The number of ketones is 1. The number of amidine groups is 1. The summed E-state index contributed by atoms with van der Waals surface area (Å²) in [7, 11) is 1.53. The number of likely N-dealkylation sites (tertiary alicyclic amines) is 1. The summed E-state index contributed by atoms with van der Waals surface area (Å²) in [6.45, 7) is 1.91. The summed E-state index contributed by atoms with van der Waals surface area (Å²) in [5.74, 6) is -3.44. The predicted octanol–water partition coefficient (Wildman–Crippen LogP) is 3.74. The van der Waals surface area contributed by atoms with E-state index in [0.717, 1.165) is 12.2 Å². The van der Waals surface area contributed by atoms with Crippen LogP contribution < -0.4 is 24.8 Å². The molecule has 2 aliphatic rings. The Balaban J connectivity index is 1.39. The third-order valence-corrected chi connectivity index (χ3v) is 7.75. The van der Waals surface area contributed by atoms with Gasteiger partial charge in [0.15, 0.2) is 17.3 Å². The molecule has 11 nitrogen and oxygen atoms in total. The lowest BCUT2D eigenvalue weighted by Crippen LogP contribution is -2.43. The molecule has 0 aromatic heterocycles. The Labute approximate surface area is 258 Å². The number of piperidine rings is 1. The molecule has 1 fully saturated rings. The predicted molar refractivity (Wildman–Crippen MR) is 162 cm³/mol. The minimum atomic E-state index is -0.906. The summed E-state index contributed by atoms with van der Waals surface area (Å²) in [6, 6.07) is 15.1. The second-order valence-corrected chi connectivity index (χ2v) is 10.6. The van der Waals surface area contributed by atoms with E-state index < -0.39 is 29.5 Å². The Bertz CT molecular complexity index is 1660. The van der Waals surface area contributed by atoms with E-state index in [4.69, 9.17) is 25.4 Å². The van der Waals surface area contributed by atoms with Crippen molar-refractivity contribution >= 4 is 35.2 Å². The van der Waals surface area contributed by atoms with Gasteiger partial charge in [0.1, 0.15) is 17.4 Å². The Morgan fingerprint density at radius 1 is 0.933 bits per heavy atom. The van der Waals surface area contributed by atoms with Gasteiger partial charge in [-0.15, -0.1) is 0 Å². The van der Waals surface area contributed by atoms with Gasteiger partial charge in [-0.25, -0.2) is 14.0 Å². The van der Waals surface area contributed by atoms with Crippen molar-refractivity contribution in [2.45, 2.75) is 12.8 Å². The van der Waals surface area contributed by atoms with Crippen molar-refractivity contribution in [1.82, 2.24) is 4.90 Å². The number of halogens is 1. The van der Waals surface area contributed by atoms with Crippen LogP contribution >= 0.6 is 0 Å². The number of carbonyl (C=O) groups is 4. The molecule has 0 spiro atoms. The fraction of sp³-hybridized carbons (Fsp3) is 0.242. The van der Waals surface area contributed by atoms with Crippen LogP contribution in [0.1, 0.15) is 39.1 Å². The number of carbonyl (C=O) groups excluding carboxylic acids is 4. The number of esters is 2. The molecule has 2 heterocycles. The van der Waals surface area contributed by atoms with Crippen molar-refractivity contribution in [3.8, 4) is 17.2 Å².